The topological polar surface area (TPSA) is 84.7 Å². The van der Waals surface area contributed by atoms with Gasteiger partial charge in [-0.1, -0.05) is 25.2 Å². The molecule has 0 aliphatic carbocycles. The highest BCUT2D eigenvalue weighted by atomic mass is 32.1. The first-order valence-electron chi connectivity index (χ1n) is 12.9. The Bertz CT molecular complexity index is 1320. The molecule has 1 N–H and O–H groups in total. The van der Waals surface area contributed by atoms with Crippen LogP contribution in [0.5, 0.6) is 0 Å². The van der Waals surface area contributed by atoms with E-state index in [0.717, 1.165) is 35.6 Å². The molecule has 1 aliphatic rings. The third-order valence-corrected chi connectivity index (χ3v) is 7.75. The van der Waals surface area contributed by atoms with Gasteiger partial charge < -0.3 is 15.0 Å². The van der Waals surface area contributed by atoms with E-state index in [2.05, 4.69) is 34.2 Å². The largest absolute Gasteiger partial charge is 0.444 e. The Morgan fingerprint density at radius 3 is 2.50 bits per heavy atom. The molecule has 1 fully saturated rings. The number of anilines is 1. The Balaban J connectivity index is 1.72. The van der Waals surface area contributed by atoms with Crippen LogP contribution in [0.4, 0.5) is 23.1 Å². The summed E-state index contributed by atoms with van der Waals surface area (Å²) in [7, 11) is 0. The van der Waals surface area contributed by atoms with Crippen molar-refractivity contribution in [2.45, 2.75) is 91.5 Å². The number of fused-ring (bicyclic) bond motifs is 1. The Hall–Kier alpha value is -2.89. The smallest absolute Gasteiger partial charge is 0.434 e. The molecular formula is C26H35F3N6O2S. The van der Waals surface area contributed by atoms with Crippen LogP contribution in [0.25, 0.3) is 16.1 Å². The molecule has 1 atom stereocenters. The molecule has 1 aliphatic heterocycles. The van der Waals surface area contributed by atoms with E-state index in [1.807, 2.05) is 13.0 Å². The van der Waals surface area contributed by atoms with Gasteiger partial charge in [0.05, 0.1) is 22.2 Å². The first kappa shape index (κ1) is 28.1. The lowest BCUT2D eigenvalue weighted by Gasteiger charge is -2.22. The molecular weight excluding hydrogens is 517 g/mol. The number of amides is 1. The van der Waals surface area contributed by atoms with Crippen LogP contribution >= 0.6 is 11.3 Å². The van der Waals surface area contributed by atoms with E-state index >= 15 is 0 Å². The number of aromatic nitrogens is 4. The third-order valence-electron chi connectivity index (χ3n) is 6.61. The van der Waals surface area contributed by atoms with Gasteiger partial charge in [-0.3, -0.25) is 0 Å². The molecule has 1 saturated heterocycles. The fourth-order valence-corrected chi connectivity index (χ4v) is 6.08. The predicted molar refractivity (Wildman–Crippen MR) is 142 cm³/mol. The molecule has 0 bridgehead atoms. The second kappa shape index (κ2) is 10.3. The Kier molecular flexibility index (Phi) is 7.66. The number of nitrogens with zero attached hydrogens (tertiary/aromatic N) is 5. The first-order chi connectivity index (χ1) is 17.7. The number of aryl methyl sites for hydroxylation is 2. The normalized spacial score (nSPS) is 16.6. The van der Waals surface area contributed by atoms with Crippen LogP contribution in [-0.2, 0) is 10.9 Å². The molecule has 0 aromatic carbocycles. The Morgan fingerprint density at radius 1 is 1.21 bits per heavy atom. The van der Waals surface area contributed by atoms with Gasteiger partial charge in [0, 0.05) is 30.4 Å². The molecule has 1 unspecified atom stereocenters. The van der Waals surface area contributed by atoms with Crippen molar-refractivity contribution in [3.05, 3.63) is 28.8 Å². The summed E-state index contributed by atoms with van der Waals surface area (Å²) in [5.74, 6) is 0.212. The lowest BCUT2D eigenvalue weighted by atomic mass is 9.98. The minimum Gasteiger partial charge on any atom is -0.444 e. The van der Waals surface area contributed by atoms with Gasteiger partial charge in [0.1, 0.15) is 5.60 Å². The molecule has 0 spiro atoms. The standard InChI is InChI=1S/C26H35F3N6O2S/c1-8-16(9-2)18-12-14(3)30-22-19(15(4)33-35(18)22)20-21(26(27,28)29)32-23(38-20)34-11-10-17(13-34)31-24(36)37-25(5,6)7/h12,16-17H,8-11,13H2,1-7H3,(H,31,36). The summed E-state index contributed by atoms with van der Waals surface area (Å²) in [5.41, 5.74) is 1.35. The quantitative estimate of drug-likeness (QED) is 0.376. The van der Waals surface area contributed by atoms with Crippen molar-refractivity contribution in [1.29, 1.82) is 0 Å². The second-order valence-corrected chi connectivity index (χ2v) is 11.8. The first-order valence-corrected chi connectivity index (χ1v) is 13.7. The van der Waals surface area contributed by atoms with E-state index in [0.29, 0.717) is 36.4 Å². The molecule has 8 nitrogen and oxygen atoms in total. The van der Waals surface area contributed by atoms with E-state index < -0.39 is 23.6 Å². The maximum absolute atomic E-state index is 14.3. The zero-order chi connectivity index (χ0) is 28.0. The summed E-state index contributed by atoms with van der Waals surface area (Å²) >= 11 is 0.990. The van der Waals surface area contributed by atoms with Gasteiger partial charge in [0.2, 0.25) is 0 Å². The molecule has 0 radical (unpaired) electrons. The summed E-state index contributed by atoms with van der Waals surface area (Å²) in [6, 6.07) is 1.71. The average molecular weight is 553 g/mol. The number of carbonyl (C=O) groups is 1. The van der Waals surface area contributed by atoms with Crippen LogP contribution in [0.2, 0.25) is 0 Å². The van der Waals surface area contributed by atoms with Crippen LogP contribution in [0.3, 0.4) is 0 Å². The van der Waals surface area contributed by atoms with E-state index in [4.69, 9.17) is 4.74 Å². The van der Waals surface area contributed by atoms with Crippen LogP contribution < -0.4 is 10.2 Å². The van der Waals surface area contributed by atoms with E-state index in [-0.39, 0.29) is 22.0 Å². The van der Waals surface area contributed by atoms with Gasteiger partial charge in [0.15, 0.2) is 16.5 Å². The molecule has 12 heteroatoms. The molecule has 1 amide bonds. The van der Waals surface area contributed by atoms with Crippen molar-refractivity contribution >= 4 is 28.2 Å². The number of nitrogens with one attached hydrogen (secondary N) is 1. The Morgan fingerprint density at radius 2 is 1.89 bits per heavy atom. The van der Waals surface area contributed by atoms with Crippen molar-refractivity contribution in [3.63, 3.8) is 0 Å². The molecule has 4 rings (SSSR count). The summed E-state index contributed by atoms with van der Waals surface area (Å²) < 4.78 is 49.9. The number of alkyl carbamates (subject to hydrolysis) is 1. The van der Waals surface area contributed by atoms with Crippen molar-refractivity contribution in [1.82, 2.24) is 24.9 Å². The molecule has 3 aromatic rings. The van der Waals surface area contributed by atoms with Crippen LogP contribution in [0.15, 0.2) is 6.07 Å². The molecule has 38 heavy (non-hydrogen) atoms. The number of thiazole rings is 1. The number of halogens is 3. The van der Waals surface area contributed by atoms with Crippen LogP contribution in [-0.4, -0.2) is 50.4 Å². The summed E-state index contributed by atoms with van der Waals surface area (Å²) in [6.45, 7) is 13.9. The minimum absolute atomic E-state index is 0.0112. The fraction of sp³-hybridized carbons (Fsp3) is 0.615. The van der Waals surface area contributed by atoms with Gasteiger partial charge in [-0.25, -0.2) is 19.3 Å². The average Bonchev–Trinajstić information content (AvgIpc) is 3.49. The summed E-state index contributed by atoms with van der Waals surface area (Å²) in [4.78, 5) is 22.7. The van der Waals surface area contributed by atoms with Crippen molar-refractivity contribution < 1.29 is 22.7 Å². The van der Waals surface area contributed by atoms with Gasteiger partial charge >= 0.3 is 12.3 Å². The lowest BCUT2D eigenvalue weighted by molar-refractivity contribution is -0.140. The fourth-order valence-electron chi connectivity index (χ4n) is 4.87. The zero-order valence-electron chi connectivity index (χ0n) is 22.9. The Labute approximate surface area is 224 Å². The van der Waals surface area contributed by atoms with Crippen molar-refractivity contribution in [3.8, 4) is 10.4 Å². The van der Waals surface area contributed by atoms with Gasteiger partial charge in [0.25, 0.3) is 0 Å². The predicted octanol–water partition coefficient (Wildman–Crippen LogP) is 6.50. The molecule has 4 heterocycles. The molecule has 3 aromatic heterocycles. The highest BCUT2D eigenvalue weighted by molar-refractivity contribution is 7.19. The maximum Gasteiger partial charge on any atom is 0.434 e. The van der Waals surface area contributed by atoms with Crippen molar-refractivity contribution in [2.24, 2.45) is 0 Å². The molecule has 0 saturated carbocycles. The number of hydrogen-bond acceptors (Lipinski definition) is 7. The third kappa shape index (κ3) is 5.74. The van der Waals surface area contributed by atoms with Crippen molar-refractivity contribution in [2.75, 3.05) is 18.0 Å². The zero-order valence-corrected chi connectivity index (χ0v) is 23.7. The molecule has 208 valence electrons. The van der Waals surface area contributed by atoms with Crippen LogP contribution in [0.1, 0.15) is 82.6 Å². The summed E-state index contributed by atoms with van der Waals surface area (Å²) in [6.07, 6.45) is -2.85. The second-order valence-electron chi connectivity index (χ2n) is 10.8. The van der Waals surface area contributed by atoms with Gasteiger partial charge in [-0.15, -0.1) is 0 Å². The number of rotatable bonds is 6. The lowest BCUT2D eigenvalue weighted by Crippen LogP contribution is -2.40. The van der Waals surface area contributed by atoms with Crippen LogP contribution in [0, 0.1) is 13.8 Å². The number of ether oxygens (including phenoxy) is 1. The SMILES string of the molecule is CCC(CC)c1cc(C)nc2c(-c3sc(N4CCC(NC(=O)OC(C)(C)C)C4)nc3C(F)(F)F)c(C)nn12. The van der Waals surface area contributed by atoms with E-state index in [9.17, 15) is 18.0 Å². The number of alkyl halides is 3. The van der Waals surface area contributed by atoms with E-state index in [1.54, 1.807) is 37.1 Å². The summed E-state index contributed by atoms with van der Waals surface area (Å²) in [5, 5.41) is 7.71. The minimum atomic E-state index is -4.65. The van der Waals surface area contributed by atoms with Gasteiger partial charge in [-0.2, -0.15) is 18.3 Å². The highest BCUT2D eigenvalue weighted by Gasteiger charge is 2.41. The highest BCUT2D eigenvalue weighted by Crippen LogP contribution is 2.46. The monoisotopic (exact) mass is 552 g/mol. The number of carbonyl (C=O) groups excluding carboxylic acids is 1. The number of hydrogen-bond donors (Lipinski definition) is 1. The van der Waals surface area contributed by atoms with Gasteiger partial charge in [-0.05, 0) is 59.9 Å². The van der Waals surface area contributed by atoms with E-state index in [1.165, 1.54) is 0 Å². The maximum atomic E-state index is 14.3.